The maximum absolute atomic E-state index is 12.5. The van der Waals surface area contributed by atoms with Gasteiger partial charge in [-0.05, 0) is 44.4 Å². The van der Waals surface area contributed by atoms with E-state index < -0.39 is 25.5 Å². The highest BCUT2D eigenvalue weighted by molar-refractivity contribution is 7.53. The molecule has 0 saturated carbocycles. The number of carbonyl (C=O) groups is 2. The third-order valence-corrected chi connectivity index (χ3v) is 5.56. The predicted octanol–water partition coefficient (Wildman–Crippen LogP) is 3.60. The van der Waals surface area contributed by atoms with Crippen LogP contribution in [-0.4, -0.2) is 36.2 Å². The highest BCUT2D eigenvalue weighted by atomic mass is 31.2. The average Bonchev–Trinajstić information content (AvgIpc) is 2.59. The third kappa shape index (κ3) is 7.12. The fourth-order valence-corrected chi connectivity index (χ4v) is 3.99. The smallest absolute Gasteiger partial charge is 0.335 e. The summed E-state index contributed by atoms with van der Waals surface area (Å²) in [4.78, 5) is 23.4. The van der Waals surface area contributed by atoms with Crippen molar-refractivity contribution in [1.82, 2.24) is 5.32 Å². The summed E-state index contributed by atoms with van der Waals surface area (Å²) in [5, 5.41) is 11.6. The minimum atomic E-state index is -3.22. The van der Waals surface area contributed by atoms with Gasteiger partial charge in [-0.15, -0.1) is 6.58 Å². The molecule has 1 aromatic rings. The molecule has 0 spiro atoms. The van der Waals surface area contributed by atoms with Crippen LogP contribution in [0.4, 0.5) is 0 Å². The second-order valence-corrected chi connectivity index (χ2v) is 7.59. The van der Waals surface area contributed by atoms with Crippen molar-refractivity contribution < 1.29 is 28.3 Å². The Morgan fingerprint density at radius 2 is 1.81 bits per heavy atom. The number of hydrogen-bond acceptors (Lipinski definition) is 5. The Morgan fingerprint density at radius 1 is 1.23 bits per heavy atom. The first-order chi connectivity index (χ1) is 12.3. The Labute approximate surface area is 153 Å². The Bertz CT molecular complexity index is 648. The van der Waals surface area contributed by atoms with Gasteiger partial charge < -0.3 is 19.5 Å². The molecule has 2 N–H and O–H groups in total. The van der Waals surface area contributed by atoms with E-state index in [9.17, 15) is 14.2 Å². The molecule has 144 valence electrons. The molecule has 0 fully saturated rings. The maximum Gasteiger partial charge on any atom is 0.335 e. The van der Waals surface area contributed by atoms with Crippen LogP contribution in [0.1, 0.15) is 42.6 Å². The van der Waals surface area contributed by atoms with Crippen molar-refractivity contribution in [2.75, 3.05) is 13.2 Å². The first-order valence-electron chi connectivity index (χ1n) is 8.46. The molecule has 0 heterocycles. The molecule has 8 heteroatoms. The lowest BCUT2D eigenvalue weighted by atomic mass is 10.1. The van der Waals surface area contributed by atoms with Gasteiger partial charge in [0.2, 0.25) is 0 Å². The highest BCUT2D eigenvalue weighted by Crippen LogP contribution is 2.51. The van der Waals surface area contributed by atoms with E-state index in [1.165, 1.54) is 0 Å². The van der Waals surface area contributed by atoms with E-state index in [2.05, 4.69) is 11.9 Å². The topological polar surface area (TPSA) is 102 Å². The number of benzene rings is 1. The second kappa shape index (κ2) is 10.9. The van der Waals surface area contributed by atoms with E-state index in [0.717, 1.165) is 0 Å². The lowest BCUT2D eigenvalue weighted by Gasteiger charge is -2.17. The van der Waals surface area contributed by atoms with Crippen LogP contribution < -0.4 is 5.32 Å². The fraction of sp³-hybridized carbons (Fsp3) is 0.444. The number of amides is 1. The first-order valence-corrected chi connectivity index (χ1v) is 10.2. The van der Waals surface area contributed by atoms with E-state index in [1.807, 2.05) is 0 Å². The molecular weight excluding hydrogens is 357 g/mol. The van der Waals surface area contributed by atoms with Gasteiger partial charge >= 0.3 is 13.6 Å². The number of carboxylic acid groups (broad SMARTS) is 1. The molecule has 0 saturated heterocycles. The number of hydrogen-bond donors (Lipinski definition) is 2. The Hall–Kier alpha value is -1.95. The number of rotatable bonds is 12. The summed E-state index contributed by atoms with van der Waals surface area (Å²) in [5.74, 6) is -1.57. The highest BCUT2D eigenvalue weighted by Gasteiger charge is 2.24. The molecule has 0 aromatic heterocycles. The van der Waals surface area contributed by atoms with Crippen LogP contribution in [-0.2, 0) is 24.6 Å². The van der Waals surface area contributed by atoms with Crippen molar-refractivity contribution in [2.45, 2.75) is 38.9 Å². The minimum absolute atomic E-state index is 0.105. The molecule has 0 aliphatic rings. The normalized spacial score (nSPS) is 12.4. The molecule has 1 aromatic carbocycles. The van der Waals surface area contributed by atoms with Crippen molar-refractivity contribution in [3.05, 3.63) is 48.0 Å². The number of carboxylic acids is 1. The molecule has 1 atom stereocenters. The standard InChI is InChI=1S/C18H26NO6P/c1-4-7-8-16(18(21)22)19-17(20)15-11-9-14(10-12-15)13-26(23,24-5-2)25-6-3/h4,9-12,16H,1,5-8,13H2,2-3H3,(H,19,20)(H,21,22)/t16-/m1/s1. The van der Waals surface area contributed by atoms with Gasteiger partial charge in [0, 0.05) is 5.56 Å². The van der Waals surface area contributed by atoms with Gasteiger partial charge in [-0.25, -0.2) is 4.79 Å². The van der Waals surface area contributed by atoms with Crippen molar-refractivity contribution in [2.24, 2.45) is 0 Å². The van der Waals surface area contributed by atoms with Crippen LogP contribution in [0.2, 0.25) is 0 Å². The molecule has 0 aliphatic carbocycles. The molecule has 0 bridgehead atoms. The number of nitrogens with one attached hydrogen (secondary N) is 1. The van der Waals surface area contributed by atoms with Gasteiger partial charge in [-0.2, -0.15) is 0 Å². The van der Waals surface area contributed by atoms with Crippen LogP contribution in [0.25, 0.3) is 0 Å². The zero-order valence-electron chi connectivity index (χ0n) is 15.1. The number of aliphatic carboxylic acids is 1. The Morgan fingerprint density at radius 3 is 2.27 bits per heavy atom. The summed E-state index contributed by atoms with van der Waals surface area (Å²) in [6, 6.07) is 5.44. The molecule has 0 radical (unpaired) electrons. The summed E-state index contributed by atoms with van der Waals surface area (Å²) in [5.41, 5.74) is 1.02. The van der Waals surface area contributed by atoms with Gasteiger partial charge in [0.15, 0.2) is 0 Å². The summed E-state index contributed by atoms with van der Waals surface area (Å²) >= 11 is 0. The minimum Gasteiger partial charge on any atom is -0.480 e. The molecule has 7 nitrogen and oxygen atoms in total. The van der Waals surface area contributed by atoms with Gasteiger partial charge in [0.1, 0.15) is 6.04 Å². The second-order valence-electron chi connectivity index (χ2n) is 5.53. The van der Waals surface area contributed by atoms with Crippen molar-refractivity contribution in [3.63, 3.8) is 0 Å². The molecule has 0 aliphatic heterocycles. The number of carbonyl (C=O) groups excluding carboxylic acids is 1. The van der Waals surface area contributed by atoms with E-state index >= 15 is 0 Å². The van der Waals surface area contributed by atoms with Crippen LogP contribution in [0.3, 0.4) is 0 Å². The Balaban J connectivity index is 2.79. The number of allylic oxidation sites excluding steroid dienone is 1. The SMILES string of the molecule is C=CCC[C@@H](NC(=O)c1ccc(CP(=O)(OCC)OCC)cc1)C(=O)O. The zero-order valence-corrected chi connectivity index (χ0v) is 16.0. The Kier molecular flexibility index (Phi) is 9.27. The maximum atomic E-state index is 12.5. The lowest BCUT2D eigenvalue weighted by Crippen LogP contribution is -2.40. The molecule has 0 unspecified atom stereocenters. The average molecular weight is 383 g/mol. The molecule has 1 amide bonds. The quantitative estimate of drug-likeness (QED) is 0.422. The third-order valence-electron chi connectivity index (χ3n) is 3.51. The first kappa shape index (κ1) is 22.1. The lowest BCUT2D eigenvalue weighted by molar-refractivity contribution is -0.139. The van der Waals surface area contributed by atoms with Gasteiger partial charge in [-0.1, -0.05) is 18.2 Å². The van der Waals surface area contributed by atoms with Gasteiger partial charge in [0.05, 0.1) is 19.4 Å². The monoisotopic (exact) mass is 383 g/mol. The summed E-state index contributed by atoms with van der Waals surface area (Å²) in [6.45, 7) is 7.58. The van der Waals surface area contributed by atoms with E-state index in [0.29, 0.717) is 17.5 Å². The van der Waals surface area contributed by atoms with Crippen molar-refractivity contribution in [1.29, 1.82) is 0 Å². The molecule has 1 rings (SSSR count). The predicted molar refractivity (Wildman–Crippen MR) is 99.3 cm³/mol. The molecular formula is C18H26NO6P. The largest absolute Gasteiger partial charge is 0.480 e. The van der Waals surface area contributed by atoms with Crippen LogP contribution in [0.5, 0.6) is 0 Å². The summed E-state index contributed by atoms with van der Waals surface area (Å²) in [6.07, 6.45) is 2.47. The van der Waals surface area contributed by atoms with Crippen LogP contribution in [0, 0.1) is 0 Å². The van der Waals surface area contributed by atoms with Crippen LogP contribution >= 0.6 is 7.60 Å². The summed E-state index contributed by atoms with van der Waals surface area (Å²) in [7, 11) is -3.22. The van der Waals surface area contributed by atoms with Gasteiger partial charge in [-0.3, -0.25) is 9.36 Å². The van der Waals surface area contributed by atoms with Crippen molar-refractivity contribution in [3.8, 4) is 0 Å². The molecule has 26 heavy (non-hydrogen) atoms. The summed E-state index contributed by atoms with van der Waals surface area (Å²) < 4.78 is 23.0. The van der Waals surface area contributed by atoms with E-state index in [-0.39, 0.29) is 25.8 Å². The van der Waals surface area contributed by atoms with Crippen molar-refractivity contribution >= 4 is 19.5 Å². The van der Waals surface area contributed by atoms with Crippen LogP contribution in [0.15, 0.2) is 36.9 Å². The van der Waals surface area contributed by atoms with E-state index in [1.54, 1.807) is 44.2 Å². The van der Waals surface area contributed by atoms with Gasteiger partial charge in [0.25, 0.3) is 5.91 Å². The fourth-order valence-electron chi connectivity index (χ4n) is 2.29. The van der Waals surface area contributed by atoms with E-state index in [4.69, 9.17) is 14.2 Å². The zero-order chi connectivity index (χ0) is 19.6.